The van der Waals surface area contributed by atoms with Crippen LogP contribution in [0.1, 0.15) is 17.5 Å². The van der Waals surface area contributed by atoms with Crippen molar-refractivity contribution < 1.29 is 9.59 Å². The number of amides is 2. The minimum absolute atomic E-state index is 0.222. The molecule has 0 bridgehead atoms. The predicted octanol–water partition coefficient (Wildman–Crippen LogP) is 3.14. The first-order valence-electron chi connectivity index (χ1n) is 9.04. The van der Waals surface area contributed by atoms with Crippen molar-refractivity contribution in [3.05, 3.63) is 65.3 Å². The lowest BCUT2D eigenvalue weighted by atomic mass is 10.0. The molecule has 28 heavy (non-hydrogen) atoms. The van der Waals surface area contributed by atoms with Crippen molar-refractivity contribution in [3.8, 4) is 0 Å². The van der Waals surface area contributed by atoms with Crippen LogP contribution in [0.2, 0.25) is 0 Å². The topological polar surface area (TPSA) is 86.9 Å². The highest BCUT2D eigenvalue weighted by Gasteiger charge is 2.21. The summed E-state index contributed by atoms with van der Waals surface area (Å²) in [7, 11) is 0. The summed E-state index contributed by atoms with van der Waals surface area (Å²) in [5.41, 5.74) is 2.92. The van der Waals surface area contributed by atoms with Crippen LogP contribution in [0, 0.1) is 0 Å². The Morgan fingerprint density at radius 2 is 1.93 bits per heavy atom. The van der Waals surface area contributed by atoms with E-state index in [0.717, 1.165) is 31.7 Å². The third kappa shape index (κ3) is 3.89. The molecule has 4 aromatic rings. The second-order valence-electron chi connectivity index (χ2n) is 6.61. The molecule has 2 heterocycles. The van der Waals surface area contributed by atoms with Crippen molar-refractivity contribution in [3.63, 3.8) is 0 Å². The second kappa shape index (κ2) is 7.82. The number of fused-ring (bicyclic) bond motifs is 2. The van der Waals surface area contributed by atoms with E-state index in [1.54, 1.807) is 11.3 Å². The Balaban J connectivity index is 1.48. The quantitative estimate of drug-likeness (QED) is 0.471. The normalized spacial score (nSPS) is 12.2. The lowest BCUT2D eigenvalue weighted by Crippen LogP contribution is -2.47. The second-order valence-corrected chi connectivity index (χ2v) is 7.73. The van der Waals surface area contributed by atoms with E-state index in [-0.39, 0.29) is 11.8 Å². The summed E-state index contributed by atoms with van der Waals surface area (Å²) < 4.78 is 1.09. The van der Waals surface area contributed by atoms with Crippen LogP contribution in [0.15, 0.2) is 54.7 Å². The van der Waals surface area contributed by atoms with E-state index in [1.165, 1.54) is 6.92 Å². The van der Waals surface area contributed by atoms with Gasteiger partial charge in [-0.1, -0.05) is 30.3 Å². The summed E-state index contributed by atoms with van der Waals surface area (Å²) in [6.07, 6.45) is 2.30. The predicted molar refractivity (Wildman–Crippen MR) is 111 cm³/mol. The van der Waals surface area contributed by atoms with Gasteiger partial charge in [0.1, 0.15) is 11.0 Å². The number of aromatic amines is 1. The van der Waals surface area contributed by atoms with Crippen molar-refractivity contribution in [1.82, 2.24) is 20.6 Å². The third-order valence-corrected chi connectivity index (χ3v) is 5.58. The zero-order valence-corrected chi connectivity index (χ0v) is 16.2. The number of benzene rings is 2. The van der Waals surface area contributed by atoms with Gasteiger partial charge in [0.25, 0.3) is 0 Å². The summed E-state index contributed by atoms with van der Waals surface area (Å²) in [5, 5.41) is 7.56. The van der Waals surface area contributed by atoms with Crippen LogP contribution in [0.25, 0.3) is 21.1 Å². The molecule has 1 unspecified atom stereocenters. The van der Waals surface area contributed by atoms with Gasteiger partial charge in [-0.2, -0.15) is 0 Å². The largest absolute Gasteiger partial charge is 0.361 e. The van der Waals surface area contributed by atoms with Crippen LogP contribution in [0.3, 0.4) is 0 Å². The fourth-order valence-electron chi connectivity index (χ4n) is 3.26. The van der Waals surface area contributed by atoms with Gasteiger partial charge < -0.3 is 15.6 Å². The lowest BCUT2D eigenvalue weighted by Gasteiger charge is -2.17. The molecule has 0 spiro atoms. The Bertz CT molecular complexity index is 1110. The summed E-state index contributed by atoms with van der Waals surface area (Å²) in [6.45, 7) is 1.76. The van der Waals surface area contributed by atoms with E-state index in [9.17, 15) is 9.59 Å². The van der Waals surface area contributed by atoms with Gasteiger partial charge in [0.05, 0.1) is 16.8 Å². The molecule has 142 valence electrons. The number of hydrogen-bond acceptors (Lipinski definition) is 4. The molecule has 0 aliphatic rings. The summed E-state index contributed by atoms with van der Waals surface area (Å²) in [6, 6.07) is 15.1. The molecule has 3 N–H and O–H groups in total. The summed E-state index contributed by atoms with van der Waals surface area (Å²) >= 11 is 1.55. The van der Waals surface area contributed by atoms with Gasteiger partial charge in [-0.15, -0.1) is 11.3 Å². The Hall–Kier alpha value is -3.19. The summed E-state index contributed by atoms with van der Waals surface area (Å²) in [4.78, 5) is 32.1. The molecule has 2 aromatic heterocycles. The van der Waals surface area contributed by atoms with Crippen LogP contribution in [0.4, 0.5) is 0 Å². The SMILES string of the molecule is CC(=O)NC(Cc1c[nH]c2ccccc12)C(=O)NCc1nc2ccccc2s1. The standard InChI is InChI=1S/C21H20N4O2S/c1-13(26)24-18(10-14-11-22-16-7-3-2-6-15(14)16)21(27)23-12-20-25-17-8-4-5-9-19(17)28-20/h2-9,11,18,22H,10,12H2,1H3,(H,23,27)(H,24,26). The summed E-state index contributed by atoms with van der Waals surface area (Å²) in [5.74, 6) is -0.459. The number of aromatic nitrogens is 2. The number of para-hydroxylation sites is 2. The lowest BCUT2D eigenvalue weighted by molar-refractivity contribution is -0.128. The average Bonchev–Trinajstić information content (AvgIpc) is 3.29. The van der Waals surface area contributed by atoms with Gasteiger partial charge in [-0.25, -0.2) is 4.98 Å². The van der Waals surface area contributed by atoms with Crippen molar-refractivity contribution in [2.45, 2.75) is 25.9 Å². The maximum atomic E-state index is 12.8. The van der Waals surface area contributed by atoms with E-state index in [0.29, 0.717) is 13.0 Å². The molecule has 4 rings (SSSR count). The molecule has 2 amide bonds. The molecule has 0 radical (unpaired) electrons. The van der Waals surface area contributed by atoms with Gasteiger partial charge in [0.2, 0.25) is 11.8 Å². The first kappa shape index (κ1) is 18.2. The van der Waals surface area contributed by atoms with Gasteiger partial charge in [0.15, 0.2) is 0 Å². The molecule has 2 aromatic carbocycles. The van der Waals surface area contributed by atoms with E-state index >= 15 is 0 Å². The third-order valence-electron chi connectivity index (χ3n) is 4.54. The molecular formula is C21H20N4O2S. The average molecular weight is 392 g/mol. The van der Waals surface area contributed by atoms with Gasteiger partial charge in [0, 0.05) is 30.4 Å². The van der Waals surface area contributed by atoms with Crippen LogP contribution < -0.4 is 10.6 Å². The zero-order chi connectivity index (χ0) is 19.5. The number of nitrogens with zero attached hydrogens (tertiary/aromatic N) is 1. The van der Waals surface area contributed by atoms with Crippen molar-refractivity contribution in [1.29, 1.82) is 0 Å². The molecule has 0 fully saturated rings. The molecule has 0 aliphatic heterocycles. The van der Waals surface area contributed by atoms with Crippen LogP contribution in [-0.4, -0.2) is 27.8 Å². The van der Waals surface area contributed by atoms with Crippen LogP contribution in [-0.2, 0) is 22.6 Å². The zero-order valence-electron chi connectivity index (χ0n) is 15.4. The minimum Gasteiger partial charge on any atom is -0.361 e. The Morgan fingerprint density at radius 1 is 1.14 bits per heavy atom. The highest BCUT2D eigenvalue weighted by molar-refractivity contribution is 7.18. The van der Waals surface area contributed by atoms with E-state index in [4.69, 9.17) is 0 Å². The van der Waals surface area contributed by atoms with Crippen molar-refractivity contribution in [2.24, 2.45) is 0 Å². The number of hydrogen-bond donors (Lipinski definition) is 3. The van der Waals surface area contributed by atoms with Gasteiger partial charge in [-0.05, 0) is 23.8 Å². The number of H-pyrrole nitrogens is 1. The number of thiazole rings is 1. The number of carbonyl (C=O) groups excluding carboxylic acids is 2. The highest BCUT2D eigenvalue weighted by Crippen LogP contribution is 2.22. The minimum atomic E-state index is -0.647. The number of carbonyl (C=O) groups is 2. The highest BCUT2D eigenvalue weighted by atomic mass is 32.1. The van der Waals surface area contributed by atoms with Crippen LogP contribution in [0.5, 0.6) is 0 Å². The molecule has 1 atom stereocenters. The van der Waals surface area contributed by atoms with Crippen molar-refractivity contribution >= 4 is 44.3 Å². The monoisotopic (exact) mass is 392 g/mol. The fraction of sp³-hybridized carbons (Fsp3) is 0.190. The molecule has 7 heteroatoms. The maximum absolute atomic E-state index is 12.8. The van der Waals surface area contributed by atoms with Crippen LogP contribution >= 0.6 is 11.3 Å². The maximum Gasteiger partial charge on any atom is 0.243 e. The smallest absolute Gasteiger partial charge is 0.243 e. The molecule has 0 aliphatic carbocycles. The van der Waals surface area contributed by atoms with Gasteiger partial charge >= 0.3 is 0 Å². The molecule has 0 saturated carbocycles. The first-order valence-corrected chi connectivity index (χ1v) is 9.86. The van der Waals surface area contributed by atoms with Gasteiger partial charge in [-0.3, -0.25) is 9.59 Å². The van der Waals surface area contributed by atoms with E-state index < -0.39 is 6.04 Å². The van der Waals surface area contributed by atoms with Crippen molar-refractivity contribution in [2.75, 3.05) is 0 Å². The Kier molecular flexibility index (Phi) is 5.08. The first-order chi connectivity index (χ1) is 13.6. The Morgan fingerprint density at radius 3 is 2.75 bits per heavy atom. The Labute approximate surface area is 166 Å². The molecule has 0 saturated heterocycles. The molecule has 6 nitrogen and oxygen atoms in total. The number of rotatable bonds is 6. The molecular weight excluding hydrogens is 372 g/mol. The van der Waals surface area contributed by atoms with E-state index in [1.807, 2.05) is 54.7 Å². The van der Waals surface area contributed by atoms with E-state index in [2.05, 4.69) is 20.6 Å². The number of nitrogens with one attached hydrogen (secondary N) is 3. The fourth-order valence-corrected chi connectivity index (χ4v) is 4.16.